The SMILES string of the molecule is CCC1C2CN(C(=O)C(C(C)(C)C)NC(=O)OC3CC3CCCCCc3nc4ccc(OC)cc4nc3O2)C1C(=O)NC1(C(=O)NS(=O)(=O)C2(C)CC2)CC1CC(F)F. The van der Waals surface area contributed by atoms with Gasteiger partial charge in [-0.15, -0.1) is 0 Å². The average molecular weight is 847 g/mol. The second kappa shape index (κ2) is 15.9. The topological polar surface area (TPSA) is 195 Å². The van der Waals surface area contributed by atoms with Crippen LogP contribution in [0.4, 0.5) is 13.6 Å². The minimum atomic E-state index is -4.19. The molecule has 2 aliphatic heterocycles. The lowest BCUT2D eigenvalue weighted by atomic mass is 9.85. The summed E-state index contributed by atoms with van der Waals surface area (Å²) in [6, 6.07) is 2.83. The van der Waals surface area contributed by atoms with E-state index in [0.29, 0.717) is 41.7 Å². The van der Waals surface area contributed by atoms with Crippen molar-refractivity contribution < 1.29 is 50.6 Å². The number of alkyl halides is 2. The number of aryl methyl sites for hydroxylation is 1. The number of nitrogens with zero attached hydrogens (tertiary/aromatic N) is 3. The fourth-order valence-corrected chi connectivity index (χ4v) is 9.98. The molecular weight excluding hydrogens is 791 g/mol. The number of hydrogen-bond donors (Lipinski definition) is 3. The van der Waals surface area contributed by atoms with Crippen molar-refractivity contribution in [1.29, 1.82) is 0 Å². The van der Waals surface area contributed by atoms with E-state index >= 15 is 0 Å². The predicted molar refractivity (Wildman–Crippen MR) is 211 cm³/mol. The van der Waals surface area contributed by atoms with Crippen molar-refractivity contribution in [2.75, 3.05) is 13.7 Å². The Balaban J connectivity index is 1.27. The zero-order valence-corrected chi connectivity index (χ0v) is 35.3. The third kappa shape index (κ3) is 8.78. The van der Waals surface area contributed by atoms with Crippen LogP contribution in [0, 0.1) is 23.2 Å². The van der Waals surface area contributed by atoms with Crippen LogP contribution in [-0.2, 0) is 35.6 Å². The highest BCUT2D eigenvalue weighted by Gasteiger charge is 2.65. The van der Waals surface area contributed by atoms with Crippen LogP contribution in [0.15, 0.2) is 18.2 Å². The van der Waals surface area contributed by atoms with Crippen molar-refractivity contribution >= 4 is 44.9 Å². The van der Waals surface area contributed by atoms with Crippen LogP contribution in [0.3, 0.4) is 0 Å². The van der Waals surface area contributed by atoms with E-state index in [1.54, 1.807) is 40.0 Å². The number of carbonyl (C=O) groups is 4. The van der Waals surface area contributed by atoms with Crippen LogP contribution >= 0.6 is 0 Å². The van der Waals surface area contributed by atoms with E-state index < -0.39 is 92.4 Å². The van der Waals surface area contributed by atoms with Gasteiger partial charge in [-0.05, 0) is 87.7 Å². The molecule has 7 rings (SSSR count). The highest BCUT2D eigenvalue weighted by atomic mass is 32.2. The van der Waals surface area contributed by atoms with Gasteiger partial charge in [0.15, 0.2) is 0 Å². The summed E-state index contributed by atoms with van der Waals surface area (Å²) in [6.07, 6.45) is -0.0775. The van der Waals surface area contributed by atoms with E-state index in [2.05, 4.69) is 15.4 Å². The number of methoxy groups -OCH3 is 1. The molecule has 324 valence electrons. The van der Waals surface area contributed by atoms with Crippen molar-refractivity contribution in [1.82, 2.24) is 30.2 Å². The molecule has 3 saturated carbocycles. The van der Waals surface area contributed by atoms with Gasteiger partial charge < -0.3 is 29.7 Å². The number of alkyl carbamates (subject to hydrolysis) is 1. The Morgan fingerprint density at radius 2 is 1.83 bits per heavy atom. The zero-order chi connectivity index (χ0) is 42.7. The molecular formula is C41H56F2N6O9S. The second-order valence-corrected chi connectivity index (χ2v) is 20.5. The summed E-state index contributed by atoms with van der Waals surface area (Å²) in [5.74, 6) is -3.36. The molecule has 8 atom stereocenters. The Morgan fingerprint density at radius 3 is 2.49 bits per heavy atom. The van der Waals surface area contributed by atoms with Gasteiger partial charge in [0, 0.05) is 18.4 Å². The van der Waals surface area contributed by atoms with E-state index in [0.717, 1.165) is 32.1 Å². The van der Waals surface area contributed by atoms with Gasteiger partial charge in [0.1, 0.15) is 41.3 Å². The molecule has 5 aliphatic rings. The van der Waals surface area contributed by atoms with Gasteiger partial charge >= 0.3 is 6.09 Å². The second-order valence-electron chi connectivity index (χ2n) is 18.3. The molecule has 2 bridgehead atoms. The smallest absolute Gasteiger partial charge is 0.408 e. The van der Waals surface area contributed by atoms with E-state index in [-0.39, 0.29) is 37.3 Å². The molecule has 18 heteroatoms. The van der Waals surface area contributed by atoms with Crippen LogP contribution in [0.5, 0.6) is 11.6 Å². The van der Waals surface area contributed by atoms with E-state index in [4.69, 9.17) is 24.2 Å². The Labute approximate surface area is 343 Å². The Kier molecular flexibility index (Phi) is 11.5. The summed E-state index contributed by atoms with van der Waals surface area (Å²) >= 11 is 0. The molecule has 59 heavy (non-hydrogen) atoms. The fourth-order valence-electron chi connectivity index (χ4n) is 8.67. The minimum Gasteiger partial charge on any atom is -0.497 e. The summed E-state index contributed by atoms with van der Waals surface area (Å²) in [5, 5.41) is 5.45. The third-order valence-electron chi connectivity index (χ3n) is 12.9. The highest BCUT2D eigenvalue weighted by Crippen LogP contribution is 2.49. The van der Waals surface area contributed by atoms with E-state index in [1.165, 1.54) is 11.8 Å². The van der Waals surface area contributed by atoms with Crippen LogP contribution in [0.2, 0.25) is 0 Å². The van der Waals surface area contributed by atoms with Crippen LogP contribution in [0.1, 0.15) is 105 Å². The van der Waals surface area contributed by atoms with E-state index in [9.17, 15) is 36.4 Å². The third-order valence-corrected chi connectivity index (χ3v) is 15.1. The Hall–Kier alpha value is -4.35. The molecule has 1 aromatic carbocycles. The van der Waals surface area contributed by atoms with Gasteiger partial charge in [0.2, 0.25) is 34.1 Å². The molecule has 4 fully saturated rings. The molecule has 3 aliphatic carbocycles. The summed E-state index contributed by atoms with van der Waals surface area (Å²) in [5.41, 5.74) is -1.10. The minimum absolute atomic E-state index is 0.146. The molecule has 15 nitrogen and oxygen atoms in total. The summed E-state index contributed by atoms with van der Waals surface area (Å²) in [6.45, 7) is 8.45. The number of benzene rings is 1. The van der Waals surface area contributed by atoms with Crippen molar-refractivity contribution in [3.05, 3.63) is 23.9 Å². The average Bonchev–Trinajstić information content (AvgIpc) is 4.12. The van der Waals surface area contributed by atoms with Gasteiger partial charge in [0.05, 0.1) is 29.4 Å². The first-order chi connectivity index (χ1) is 27.8. The number of ether oxygens (including phenoxy) is 3. The maximum absolute atomic E-state index is 14.9. The Bertz CT molecular complexity index is 2100. The van der Waals surface area contributed by atoms with Crippen molar-refractivity contribution in [3.8, 4) is 11.6 Å². The molecule has 4 amide bonds. The summed E-state index contributed by atoms with van der Waals surface area (Å²) in [4.78, 5) is 68.0. The molecule has 3 N–H and O–H groups in total. The maximum Gasteiger partial charge on any atom is 0.408 e. The van der Waals surface area contributed by atoms with E-state index in [1.807, 2.05) is 13.0 Å². The number of aromatic nitrogens is 2. The quantitative estimate of drug-likeness (QED) is 0.314. The van der Waals surface area contributed by atoms with Gasteiger partial charge in [0.25, 0.3) is 5.91 Å². The summed E-state index contributed by atoms with van der Waals surface area (Å²) < 4.78 is 72.8. The first-order valence-electron chi connectivity index (χ1n) is 20.7. The lowest BCUT2D eigenvalue weighted by Crippen LogP contribution is -2.61. The highest BCUT2D eigenvalue weighted by molar-refractivity contribution is 7.91. The fraction of sp³-hybridized carbons (Fsp3) is 0.707. The standard InChI is InChI=1S/C41H56F2N6O9S/c1-7-25-30-21-49(32(25)34(50)47-41(20-23(41)18-31(42)43)37(52)48-59(54,55)40(5)15-16-40)36(51)33(39(2,3)4)46-38(53)58-29-17-22(29)11-9-8-10-12-27-35(57-30)45-28-19-24(56-6)13-14-26(28)44-27/h13-14,19,22-23,25,29-33H,7-12,15-18,20-21H2,1-6H3,(H,46,53)(H,47,50)(H,48,52). The molecule has 0 radical (unpaired) electrons. The van der Waals surface area contributed by atoms with Gasteiger partial charge in [-0.25, -0.2) is 32.0 Å². The zero-order valence-electron chi connectivity index (χ0n) is 34.5. The van der Waals surface area contributed by atoms with Crippen LogP contribution < -0.4 is 24.8 Å². The normalized spacial score (nSPS) is 30.7. The monoisotopic (exact) mass is 846 g/mol. The number of fused-ring (bicyclic) bond motifs is 5. The Morgan fingerprint density at radius 1 is 1.08 bits per heavy atom. The predicted octanol–water partition coefficient (Wildman–Crippen LogP) is 4.80. The number of hydrogen-bond acceptors (Lipinski definition) is 11. The number of amides is 4. The molecule has 2 aromatic rings. The lowest BCUT2D eigenvalue weighted by molar-refractivity contribution is -0.143. The van der Waals surface area contributed by atoms with Gasteiger partial charge in [-0.1, -0.05) is 40.5 Å². The van der Waals surface area contributed by atoms with Crippen LogP contribution in [0.25, 0.3) is 11.0 Å². The number of halogens is 2. The van der Waals surface area contributed by atoms with Crippen molar-refractivity contribution in [2.24, 2.45) is 23.2 Å². The number of nitrogens with one attached hydrogen (secondary N) is 3. The molecule has 1 saturated heterocycles. The maximum atomic E-state index is 14.9. The largest absolute Gasteiger partial charge is 0.497 e. The molecule has 0 spiro atoms. The molecule has 8 unspecified atom stereocenters. The first kappa shape index (κ1) is 42.8. The lowest BCUT2D eigenvalue weighted by Gasteiger charge is -2.36. The van der Waals surface area contributed by atoms with Gasteiger partial charge in [-0.2, -0.15) is 0 Å². The van der Waals surface area contributed by atoms with Crippen molar-refractivity contribution in [2.45, 2.75) is 146 Å². The first-order valence-corrected chi connectivity index (χ1v) is 22.2. The summed E-state index contributed by atoms with van der Waals surface area (Å²) in [7, 11) is -2.65. The molecule has 1 aromatic heterocycles. The van der Waals surface area contributed by atoms with Gasteiger partial charge in [-0.3, -0.25) is 19.1 Å². The van der Waals surface area contributed by atoms with Crippen LogP contribution in [-0.4, -0.2) is 102 Å². The number of rotatable bonds is 9. The molecule has 3 heterocycles. The number of carbonyl (C=O) groups excluding carboxylic acids is 4. The number of sulfonamides is 1. The van der Waals surface area contributed by atoms with Crippen molar-refractivity contribution in [3.63, 3.8) is 0 Å².